The third kappa shape index (κ3) is 3.51. The molecule has 0 aliphatic carbocycles. The number of hydrogen-bond acceptors (Lipinski definition) is 2. The number of hydrogen-bond donors (Lipinski definition) is 2. The van der Waals surface area contributed by atoms with E-state index >= 15 is 0 Å². The van der Waals surface area contributed by atoms with E-state index in [9.17, 15) is 4.39 Å². The first-order valence-corrected chi connectivity index (χ1v) is 5.05. The molecule has 3 heteroatoms. The summed E-state index contributed by atoms with van der Waals surface area (Å²) in [6.07, 6.45) is 0. The van der Waals surface area contributed by atoms with Crippen molar-refractivity contribution < 1.29 is 9.50 Å². The van der Waals surface area contributed by atoms with Crippen LogP contribution >= 0.6 is 0 Å². The van der Waals surface area contributed by atoms with Crippen LogP contribution in [0.2, 0.25) is 0 Å². The lowest BCUT2D eigenvalue weighted by atomic mass is 9.95. The molecule has 15 heavy (non-hydrogen) atoms. The van der Waals surface area contributed by atoms with Crippen molar-refractivity contribution in [3.05, 3.63) is 29.6 Å². The van der Waals surface area contributed by atoms with Crippen molar-refractivity contribution >= 4 is 5.69 Å². The van der Waals surface area contributed by atoms with E-state index in [0.717, 1.165) is 5.56 Å². The van der Waals surface area contributed by atoms with Crippen LogP contribution in [0.3, 0.4) is 0 Å². The Morgan fingerprint density at radius 3 is 2.60 bits per heavy atom. The number of aliphatic hydroxyl groups is 1. The maximum atomic E-state index is 13.4. The van der Waals surface area contributed by atoms with Gasteiger partial charge in [0, 0.05) is 18.6 Å². The Morgan fingerprint density at radius 1 is 1.40 bits per heavy atom. The van der Waals surface area contributed by atoms with Crippen molar-refractivity contribution in [2.24, 2.45) is 5.41 Å². The topological polar surface area (TPSA) is 32.3 Å². The van der Waals surface area contributed by atoms with Crippen molar-refractivity contribution in [3.63, 3.8) is 0 Å². The second-order valence-electron chi connectivity index (χ2n) is 4.66. The molecule has 2 N–H and O–H groups in total. The Bertz CT molecular complexity index is 336. The number of aliphatic hydroxyl groups excluding tert-OH is 1. The maximum absolute atomic E-state index is 13.4. The van der Waals surface area contributed by atoms with E-state index in [1.807, 2.05) is 26.8 Å². The van der Waals surface area contributed by atoms with Crippen molar-refractivity contribution in [2.75, 3.05) is 18.5 Å². The van der Waals surface area contributed by atoms with Gasteiger partial charge in [0.05, 0.1) is 5.69 Å². The minimum Gasteiger partial charge on any atom is -0.396 e. The second kappa shape index (κ2) is 4.62. The van der Waals surface area contributed by atoms with Gasteiger partial charge in [0.2, 0.25) is 0 Å². The van der Waals surface area contributed by atoms with Crippen LogP contribution in [0.1, 0.15) is 19.4 Å². The summed E-state index contributed by atoms with van der Waals surface area (Å²) in [4.78, 5) is 0. The first-order valence-electron chi connectivity index (χ1n) is 5.05. The van der Waals surface area contributed by atoms with Gasteiger partial charge in [-0.15, -0.1) is 0 Å². The molecule has 0 saturated carbocycles. The molecule has 0 aliphatic rings. The summed E-state index contributed by atoms with van der Waals surface area (Å²) >= 11 is 0. The highest BCUT2D eigenvalue weighted by molar-refractivity contribution is 5.46. The zero-order valence-electron chi connectivity index (χ0n) is 9.47. The molecule has 1 rings (SSSR count). The zero-order chi connectivity index (χ0) is 11.5. The minimum absolute atomic E-state index is 0.0769. The van der Waals surface area contributed by atoms with Gasteiger partial charge in [-0.05, 0) is 24.6 Å². The third-order valence-corrected chi connectivity index (χ3v) is 2.31. The molecular formula is C12H18FNO. The van der Waals surface area contributed by atoms with E-state index in [-0.39, 0.29) is 17.8 Å². The van der Waals surface area contributed by atoms with Gasteiger partial charge in [-0.1, -0.05) is 19.9 Å². The summed E-state index contributed by atoms with van der Waals surface area (Å²) < 4.78 is 13.4. The molecule has 1 aromatic rings. The number of nitrogens with one attached hydrogen (secondary N) is 1. The fourth-order valence-electron chi connectivity index (χ4n) is 1.15. The highest BCUT2D eigenvalue weighted by atomic mass is 19.1. The quantitative estimate of drug-likeness (QED) is 0.802. The smallest absolute Gasteiger partial charge is 0.146 e. The van der Waals surface area contributed by atoms with Crippen LogP contribution in [0, 0.1) is 18.2 Å². The third-order valence-electron chi connectivity index (χ3n) is 2.31. The summed E-state index contributed by atoms with van der Waals surface area (Å²) in [5.41, 5.74) is 1.15. The van der Waals surface area contributed by atoms with Gasteiger partial charge in [-0.2, -0.15) is 0 Å². The average molecular weight is 211 g/mol. The molecule has 0 atom stereocenters. The van der Waals surface area contributed by atoms with Crippen LogP contribution in [0.4, 0.5) is 10.1 Å². The Morgan fingerprint density at radius 2 is 2.07 bits per heavy atom. The summed E-state index contributed by atoms with van der Waals surface area (Å²) in [5.74, 6) is -0.247. The van der Waals surface area contributed by atoms with E-state index in [4.69, 9.17) is 5.11 Å². The van der Waals surface area contributed by atoms with Crippen LogP contribution in [0.25, 0.3) is 0 Å². The molecular weight excluding hydrogens is 193 g/mol. The van der Waals surface area contributed by atoms with Crippen LogP contribution < -0.4 is 5.32 Å². The SMILES string of the molecule is Cc1ccc(NCC(C)(C)CO)c(F)c1. The van der Waals surface area contributed by atoms with Crippen LogP contribution in [0.5, 0.6) is 0 Å². The molecule has 84 valence electrons. The number of anilines is 1. The Labute approximate surface area is 90.1 Å². The van der Waals surface area contributed by atoms with Crippen molar-refractivity contribution in [1.29, 1.82) is 0 Å². The monoisotopic (exact) mass is 211 g/mol. The van der Waals surface area contributed by atoms with E-state index in [2.05, 4.69) is 5.32 Å². The summed E-state index contributed by atoms with van der Waals surface area (Å²) in [6, 6.07) is 5.07. The lowest BCUT2D eigenvalue weighted by molar-refractivity contribution is 0.170. The molecule has 0 radical (unpaired) electrons. The van der Waals surface area contributed by atoms with Gasteiger partial charge in [0.1, 0.15) is 5.82 Å². The number of rotatable bonds is 4. The Balaban J connectivity index is 2.66. The molecule has 0 saturated heterocycles. The summed E-state index contributed by atoms with van der Waals surface area (Å²) in [7, 11) is 0. The zero-order valence-corrected chi connectivity index (χ0v) is 9.47. The second-order valence-corrected chi connectivity index (χ2v) is 4.66. The molecule has 0 amide bonds. The van der Waals surface area contributed by atoms with Crippen molar-refractivity contribution in [3.8, 4) is 0 Å². The minimum atomic E-state index is -0.247. The average Bonchev–Trinajstić information content (AvgIpc) is 2.16. The molecule has 0 aliphatic heterocycles. The fraction of sp³-hybridized carbons (Fsp3) is 0.500. The first-order chi connectivity index (χ1) is 6.94. The molecule has 1 aromatic carbocycles. The van der Waals surface area contributed by atoms with Gasteiger partial charge in [0.15, 0.2) is 0 Å². The summed E-state index contributed by atoms with van der Waals surface area (Å²) in [5, 5.41) is 12.0. The van der Waals surface area contributed by atoms with E-state index in [0.29, 0.717) is 12.2 Å². The predicted molar refractivity (Wildman–Crippen MR) is 60.5 cm³/mol. The molecule has 0 aromatic heterocycles. The molecule has 0 spiro atoms. The summed E-state index contributed by atoms with van der Waals surface area (Å²) in [6.45, 7) is 6.32. The molecule has 0 heterocycles. The lowest BCUT2D eigenvalue weighted by Crippen LogP contribution is -2.27. The van der Waals surface area contributed by atoms with Crippen LogP contribution in [-0.4, -0.2) is 18.3 Å². The van der Waals surface area contributed by atoms with Gasteiger partial charge >= 0.3 is 0 Å². The van der Waals surface area contributed by atoms with Gasteiger partial charge in [0.25, 0.3) is 0 Å². The molecule has 0 unspecified atom stereocenters. The predicted octanol–water partition coefficient (Wildman–Crippen LogP) is 2.56. The standard InChI is InChI=1S/C12H18FNO/c1-9-4-5-11(10(13)6-9)14-7-12(2,3)8-15/h4-6,14-15H,7-8H2,1-3H3. The number of aryl methyl sites for hydroxylation is 1. The van der Waals surface area contributed by atoms with E-state index < -0.39 is 0 Å². The van der Waals surface area contributed by atoms with Crippen molar-refractivity contribution in [1.82, 2.24) is 0 Å². The maximum Gasteiger partial charge on any atom is 0.146 e. The molecule has 0 fully saturated rings. The van der Waals surface area contributed by atoms with Gasteiger partial charge < -0.3 is 10.4 Å². The molecule has 2 nitrogen and oxygen atoms in total. The largest absolute Gasteiger partial charge is 0.396 e. The van der Waals surface area contributed by atoms with E-state index in [1.54, 1.807) is 6.07 Å². The lowest BCUT2D eigenvalue weighted by Gasteiger charge is -2.22. The number of halogens is 1. The highest BCUT2D eigenvalue weighted by Crippen LogP contribution is 2.19. The van der Waals surface area contributed by atoms with Crippen LogP contribution in [0.15, 0.2) is 18.2 Å². The number of benzene rings is 1. The molecule has 0 bridgehead atoms. The fourth-order valence-corrected chi connectivity index (χ4v) is 1.15. The normalized spacial score (nSPS) is 11.5. The Hall–Kier alpha value is -1.09. The van der Waals surface area contributed by atoms with Gasteiger partial charge in [-0.25, -0.2) is 4.39 Å². The van der Waals surface area contributed by atoms with Gasteiger partial charge in [-0.3, -0.25) is 0 Å². The van der Waals surface area contributed by atoms with E-state index in [1.165, 1.54) is 6.07 Å². The van der Waals surface area contributed by atoms with Crippen LogP contribution in [-0.2, 0) is 0 Å². The highest BCUT2D eigenvalue weighted by Gasteiger charge is 2.16. The first kappa shape index (κ1) is 12.0. The van der Waals surface area contributed by atoms with Crippen molar-refractivity contribution in [2.45, 2.75) is 20.8 Å². The Kier molecular flexibility index (Phi) is 3.69.